The highest BCUT2D eigenvalue weighted by Gasteiger charge is 2.13. The molecule has 6 nitrogen and oxygen atoms in total. The van der Waals surface area contributed by atoms with Gasteiger partial charge in [-0.3, -0.25) is 9.59 Å². The molecule has 0 spiro atoms. The molecule has 0 atom stereocenters. The first-order valence-corrected chi connectivity index (χ1v) is 9.11. The number of hydrogen-bond acceptors (Lipinski definition) is 4. The maximum Gasteiger partial charge on any atom is 0.259 e. The van der Waals surface area contributed by atoms with Crippen molar-refractivity contribution in [1.82, 2.24) is 5.32 Å². The number of anilines is 1. The maximum absolute atomic E-state index is 12.6. The average molecular weight is 378 g/mol. The molecule has 1 heterocycles. The summed E-state index contributed by atoms with van der Waals surface area (Å²) in [5.74, 6) is 0.756. The zero-order valence-corrected chi connectivity index (χ0v) is 15.6. The molecule has 0 aliphatic heterocycles. The molecule has 0 radical (unpaired) electrons. The van der Waals surface area contributed by atoms with Crippen LogP contribution in [0.3, 0.4) is 0 Å². The molecule has 3 rings (SSSR count). The number of rotatable bonds is 8. The van der Waals surface area contributed by atoms with E-state index < -0.39 is 0 Å². The number of carbonyl (C=O) groups excluding carboxylic acids is 2. The van der Waals surface area contributed by atoms with Crippen LogP contribution >= 0.6 is 0 Å². The van der Waals surface area contributed by atoms with Crippen molar-refractivity contribution in [3.8, 4) is 5.75 Å². The Hall–Kier alpha value is -3.54. The fourth-order valence-electron chi connectivity index (χ4n) is 2.58. The van der Waals surface area contributed by atoms with Crippen molar-refractivity contribution in [1.29, 1.82) is 0 Å². The minimum atomic E-state index is -0.262. The Morgan fingerprint density at radius 3 is 2.46 bits per heavy atom. The summed E-state index contributed by atoms with van der Waals surface area (Å²) in [6, 6.07) is 17.4. The van der Waals surface area contributed by atoms with Gasteiger partial charge in [-0.25, -0.2) is 0 Å². The minimum Gasteiger partial charge on any atom is -0.493 e. The molecule has 2 amide bonds. The predicted octanol–water partition coefficient (Wildman–Crippen LogP) is 4.25. The van der Waals surface area contributed by atoms with Gasteiger partial charge in [-0.05, 0) is 55.0 Å². The van der Waals surface area contributed by atoms with E-state index in [-0.39, 0.29) is 11.8 Å². The second-order valence-corrected chi connectivity index (χ2v) is 6.14. The zero-order valence-electron chi connectivity index (χ0n) is 15.6. The summed E-state index contributed by atoms with van der Waals surface area (Å²) in [4.78, 5) is 24.8. The van der Waals surface area contributed by atoms with Gasteiger partial charge in [-0.2, -0.15) is 0 Å². The Morgan fingerprint density at radius 1 is 0.964 bits per heavy atom. The predicted molar refractivity (Wildman–Crippen MR) is 107 cm³/mol. The molecule has 0 bridgehead atoms. The molecule has 0 fully saturated rings. The largest absolute Gasteiger partial charge is 0.493 e. The number of ether oxygens (including phenoxy) is 1. The first-order chi connectivity index (χ1) is 13.7. The van der Waals surface area contributed by atoms with Gasteiger partial charge >= 0.3 is 0 Å². The average Bonchev–Trinajstić information content (AvgIpc) is 3.25. The lowest BCUT2D eigenvalue weighted by atomic mass is 10.1. The number of carbonyl (C=O) groups is 2. The van der Waals surface area contributed by atoms with Gasteiger partial charge < -0.3 is 19.8 Å². The fraction of sp³-hybridized carbons (Fsp3) is 0.182. The van der Waals surface area contributed by atoms with Crippen LogP contribution in [-0.2, 0) is 6.54 Å². The fourth-order valence-corrected chi connectivity index (χ4v) is 2.58. The number of amides is 2. The van der Waals surface area contributed by atoms with Crippen LogP contribution in [0.1, 0.15) is 39.8 Å². The van der Waals surface area contributed by atoms with E-state index in [0.717, 1.165) is 6.42 Å². The Morgan fingerprint density at radius 2 is 1.75 bits per heavy atom. The van der Waals surface area contributed by atoms with Crippen LogP contribution in [0.15, 0.2) is 71.3 Å². The van der Waals surface area contributed by atoms with Gasteiger partial charge in [0.15, 0.2) is 0 Å². The summed E-state index contributed by atoms with van der Waals surface area (Å²) in [5.41, 5.74) is 1.56. The van der Waals surface area contributed by atoms with Crippen molar-refractivity contribution in [2.45, 2.75) is 19.9 Å². The summed E-state index contributed by atoms with van der Waals surface area (Å²) in [7, 11) is 0. The van der Waals surface area contributed by atoms with E-state index in [1.165, 1.54) is 0 Å². The Bertz CT molecular complexity index is 918. The van der Waals surface area contributed by atoms with Crippen molar-refractivity contribution in [3.63, 3.8) is 0 Å². The van der Waals surface area contributed by atoms with Crippen LogP contribution in [0.5, 0.6) is 5.75 Å². The second-order valence-electron chi connectivity index (χ2n) is 6.14. The summed E-state index contributed by atoms with van der Waals surface area (Å²) >= 11 is 0. The van der Waals surface area contributed by atoms with Gasteiger partial charge in [0.05, 0.1) is 25.0 Å². The number of hydrogen-bond donors (Lipinski definition) is 2. The molecule has 0 aliphatic carbocycles. The Labute approximate surface area is 163 Å². The van der Waals surface area contributed by atoms with E-state index in [2.05, 4.69) is 10.6 Å². The van der Waals surface area contributed by atoms with Crippen molar-refractivity contribution in [2.24, 2.45) is 0 Å². The zero-order chi connectivity index (χ0) is 19.8. The molecule has 0 saturated heterocycles. The SMILES string of the molecule is CCCOc1ccccc1C(=O)Nc1ccc(C(=O)NCc2ccco2)cc1. The molecule has 3 aromatic rings. The first-order valence-electron chi connectivity index (χ1n) is 9.11. The van der Waals surface area contributed by atoms with Crippen molar-refractivity contribution in [2.75, 3.05) is 11.9 Å². The molecule has 2 N–H and O–H groups in total. The molecule has 6 heteroatoms. The third kappa shape index (κ3) is 5.01. The molecule has 0 unspecified atom stereocenters. The number of nitrogens with one attached hydrogen (secondary N) is 2. The topological polar surface area (TPSA) is 80.6 Å². The summed E-state index contributed by atoms with van der Waals surface area (Å²) in [6.45, 7) is 2.87. The summed E-state index contributed by atoms with van der Waals surface area (Å²) < 4.78 is 10.8. The van der Waals surface area contributed by atoms with E-state index >= 15 is 0 Å². The molecule has 28 heavy (non-hydrogen) atoms. The monoisotopic (exact) mass is 378 g/mol. The molecule has 1 aromatic heterocycles. The number of para-hydroxylation sites is 1. The van der Waals surface area contributed by atoms with Crippen LogP contribution in [0, 0.1) is 0 Å². The first kappa shape index (κ1) is 19.2. The highest BCUT2D eigenvalue weighted by molar-refractivity contribution is 6.06. The molecule has 0 saturated carbocycles. The molecule has 2 aromatic carbocycles. The van der Waals surface area contributed by atoms with E-state index in [4.69, 9.17) is 9.15 Å². The van der Waals surface area contributed by atoms with E-state index in [9.17, 15) is 9.59 Å². The molecular formula is C22H22N2O4. The van der Waals surface area contributed by atoms with Crippen LogP contribution in [0.4, 0.5) is 5.69 Å². The van der Waals surface area contributed by atoms with Crippen molar-refractivity contribution >= 4 is 17.5 Å². The van der Waals surface area contributed by atoms with E-state index in [0.29, 0.717) is 41.5 Å². The third-order valence-corrected chi connectivity index (χ3v) is 4.00. The third-order valence-electron chi connectivity index (χ3n) is 4.00. The number of furan rings is 1. The van der Waals surface area contributed by atoms with Gasteiger partial charge in [0.2, 0.25) is 0 Å². The summed E-state index contributed by atoms with van der Waals surface area (Å²) in [6.07, 6.45) is 2.42. The van der Waals surface area contributed by atoms with Crippen molar-refractivity contribution in [3.05, 3.63) is 83.8 Å². The normalized spacial score (nSPS) is 10.3. The van der Waals surface area contributed by atoms with Crippen LogP contribution < -0.4 is 15.4 Å². The minimum absolute atomic E-state index is 0.215. The highest BCUT2D eigenvalue weighted by Crippen LogP contribution is 2.20. The highest BCUT2D eigenvalue weighted by atomic mass is 16.5. The lowest BCUT2D eigenvalue weighted by molar-refractivity contribution is 0.0947. The smallest absolute Gasteiger partial charge is 0.259 e. The van der Waals surface area contributed by atoms with Crippen LogP contribution in [0.2, 0.25) is 0 Å². The van der Waals surface area contributed by atoms with Crippen molar-refractivity contribution < 1.29 is 18.7 Å². The van der Waals surface area contributed by atoms with Crippen LogP contribution in [0.25, 0.3) is 0 Å². The molecule has 0 aliphatic rings. The molecular weight excluding hydrogens is 356 g/mol. The van der Waals surface area contributed by atoms with Crippen LogP contribution in [-0.4, -0.2) is 18.4 Å². The van der Waals surface area contributed by atoms with Gasteiger partial charge in [0.1, 0.15) is 11.5 Å². The lowest BCUT2D eigenvalue weighted by Crippen LogP contribution is -2.22. The lowest BCUT2D eigenvalue weighted by Gasteiger charge is -2.11. The van der Waals surface area contributed by atoms with Gasteiger partial charge in [-0.1, -0.05) is 19.1 Å². The molecule has 144 valence electrons. The maximum atomic E-state index is 12.6. The Kier molecular flexibility index (Phi) is 6.46. The Balaban J connectivity index is 1.61. The second kappa shape index (κ2) is 9.41. The van der Waals surface area contributed by atoms with E-state index in [1.807, 2.05) is 13.0 Å². The van der Waals surface area contributed by atoms with E-state index in [1.54, 1.807) is 60.9 Å². The summed E-state index contributed by atoms with van der Waals surface area (Å²) in [5, 5.41) is 5.61. The number of benzene rings is 2. The van der Waals surface area contributed by atoms with Gasteiger partial charge in [0, 0.05) is 11.3 Å². The quantitative estimate of drug-likeness (QED) is 0.614. The standard InChI is InChI=1S/C22H22N2O4/c1-2-13-28-20-8-4-3-7-19(20)22(26)24-17-11-9-16(10-12-17)21(25)23-15-18-6-5-14-27-18/h3-12,14H,2,13,15H2,1H3,(H,23,25)(H,24,26). The van der Waals surface area contributed by atoms with Gasteiger partial charge in [0.25, 0.3) is 11.8 Å². The van der Waals surface area contributed by atoms with Gasteiger partial charge in [-0.15, -0.1) is 0 Å².